The van der Waals surface area contributed by atoms with Crippen molar-refractivity contribution in [3.63, 3.8) is 0 Å². The van der Waals surface area contributed by atoms with Gasteiger partial charge in [-0.2, -0.15) is 9.88 Å². The van der Waals surface area contributed by atoms with Gasteiger partial charge in [0.1, 0.15) is 29.5 Å². The molecule has 42 heavy (non-hydrogen) atoms. The van der Waals surface area contributed by atoms with Crippen LogP contribution in [-0.4, -0.2) is 72.0 Å². The number of hydrogen-bond donors (Lipinski definition) is 0. The number of rotatable bonds is 5. The molecule has 0 N–H and O–H groups in total. The van der Waals surface area contributed by atoms with E-state index in [-0.39, 0.29) is 17.5 Å². The van der Waals surface area contributed by atoms with Crippen LogP contribution >= 0.6 is 22.6 Å². The first kappa shape index (κ1) is 34.9. The highest BCUT2D eigenvalue weighted by atomic mass is 127. The monoisotopic (exact) mass is 723 g/mol. The van der Waals surface area contributed by atoms with Crippen LogP contribution in [0, 0.1) is 3.70 Å². The normalized spacial score (nSPS) is 24.3. The molecule has 3 rings (SSSR count). The molecule has 2 aliphatic rings. The molecule has 0 aromatic carbocycles. The van der Waals surface area contributed by atoms with Gasteiger partial charge in [0.15, 0.2) is 26.2 Å². The second-order valence-electron chi connectivity index (χ2n) is 14.6. The van der Waals surface area contributed by atoms with Crippen molar-refractivity contribution in [2.75, 3.05) is 11.5 Å². The van der Waals surface area contributed by atoms with Crippen molar-refractivity contribution in [1.82, 2.24) is 9.55 Å². The Morgan fingerprint density at radius 3 is 1.95 bits per heavy atom. The Morgan fingerprint density at radius 2 is 1.50 bits per heavy atom. The van der Waals surface area contributed by atoms with E-state index in [0.29, 0.717) is 8.60 Å². The predicted octanol–water partition coefficient (Wildman–Crippen LogP) is 5.96. The smallest absolute Gasteiger partial charge is 0.425 e. The number of aromatic nitrogens is 2. The van der Waals surface area contributed by atoms with Crippen molar-refractivity contribution in [3.05, 3.63) is 20.3 Å². The highest BCUT2D eigenvalue weighted by Gasteiger charge is 2.57. The van der Waals surface area contributed by atoms with Crippen molar-refractivity contribution in [2.24, 2.45) is 0 Å². The molecule has 2 aliphatic heterocycles. The number of fused-ring (bicyclic) bond motifs is 1. The minimum Gasteiger partial charge on any atom is -0.443 e. The molecule has 12 nitrogen and oxygen atoms in total. The van der Waals surface area contributed by atoms with Gasteiger partial charge in [-0.25, -0.2) is 14.4 Å². The van der Waals surface area contributed by atoms with Crippen LogP contribution < -0.4 is 10.6 Å². The number of carbonyl (C=O) groups excluding carboxylic acids is 2. The Kier molecular flexibility index (Phi) is 9.74. The number of ether oxygens (including phenoxy) is 5. The molecule has 1 aromatic heterocycles. The summed E-state index contributed by atoms with van der Waals surface area (Å²) < 4.78 is 37.8. The lowest BCUT2D eigenvalue weighted by atomic mass is 10.1. The van der Waals surface area contributed by atoms with E-state index in [0.717, 1.165) is 0 Å². The standard InChI is InChI=1S/C28H46IN3O9Si/c1-25(2,3)40-23(34)32(24(35)41-26(4,5)6)18-14-17(29)31(22(33)30-18)21-20-19(38-28(10,11)39-20)16(37-21)15-36-42(12,13)27(7,8)9/h14,16,19-21H,15H2,1-13H3/t16-,19-,20-,21-/m1/s1. The molecule has 3 heterocycles. The Balaban J connectivity index is 1.99. The Labute approximate surface area is 263 Å². The quantitative estimate of drug-likeness (QED) is 0.204. The summed E-state index contributed by atoms with van der Waals surface area (Å²) in [6.45, 7) is 24.7. The molecule has 2 saturated heterocycles. The van der Waals surface area contributed by atoms with Crippen molar-refractivity contribution >= 4 is 48.9 Å². The molecule has 0 aliphatic carbocycles. The van der Waals surface area contributed by atoms with Crippen molar-refractivity contribution < 1.29 is 37.7 Å². The Bertz CT molecular complexity index is 1220. The molecule has 14 heteroatoms. The summed E-state index contributed by atoms with van der Waals surface area (Å²) in [4.78, 5) is 44.5. The Morgan fingerprint density at radius 1 is 1.00 bits per heavy atom. The van der Waals surface area contributed by atoms with Crippen LogP contribution in [0.4, 0.5) is 15.4 Å². The largest absolute Gasteiger partial charge is 0.443 e. The summed E-state index contributed by atoms with van der Waals surface area (Å²) in [6, 6.07) is 1.43. The maximum absolute atomic E-state index is 13.6. The van der Waals surface area contributed by atoms with Gasteiger partial charge in [0.05, 0.1) is 10.3 Å². The summed E-state index contributed by atoms with van der Waals surface area (Å²) in [6.07, 6.45) is -4.55. The van der Waals surface area contributed by atoms with Gasteiger partial charge in [0.25, 0.3) is 0 Å². The maximum atomic E-state index is 13.6. The molecule has 2 fully saturated rings. The van der Waals surface area contributed by atoms with Gasteiger partial charge in [-0.15, -0.1) is 0 Å². The minimum absolute atomic E-state index is 0.00305. The second-order valence-corrected chi connectivity index (χ2v) is 20.5. The van der Waals surface area contributed by atoms with Crippen molar-refractivity contribution in [2.45, 2.75) is 136 Å². The molecule has 0 saturated carbocycles. The summed E-state index contributed by atoms with van der Waals surface area (Å²) in [5, 5.41) is -0.00305. The van der Waals surface area contributed by atoms with E-state index in [1.54, 1.807) is 41.5 Å². The number of carbonyl (C=O) groups is 2. The number of hydrogen-bond acceptors (Lipinski definition) is 10. The first-order valence-electron chi connectivity index (χ1n) is 14.0. The van der Waals surface area contributed by atoms with Gasteiger partial charge in [-0.1, -0.05) is 20.8 Å². The third-order valence-corrected chi connectivity index (χ3v) is 12.4. The van der Waals surface area contributed by atoms with E-state index < -0.39 is 67.7 Å². The molecule has 0 spiro atoms. The molecule has 1 aromatic rings. The highest BCUT2D eigenvalue weighted by molar-refractivity contribution is 14.1. The molecule has 0 bridgehead atoms. The van der Waals surface area contributed by atoms with Crippen molar-refractivity contribution in [3.8, 4) is 0 Å². The van der Waals surface area contributed by atoms with E-state index in [1.165, 1.54) is 10.6 Å². The average molecular weight is 724 g/mol. The maximum Gasteiger partial charge on any atom is 0.425 e. The zero-order valence-corrected chi connectivity index (χ0v) is 30.1. The molecule has 238 valence electrons. The molecule has 2 amide bonds. The van der Waals surface area contributed by atoms with Crippen LogP contribution in [0.2, 0.25) is 18.1 Å². The van der Waals surface area contributed by atoms with Crippen LogP contribution in [-0.2, 0) is 28.1 Å². The topological polar surface area (TPSA) is 128 Å². The van der Waals surface area contributed by atoms with Gasteiger partial charge >= 0.3 is 17.9 Å². The lowest BCUT2D eigenvalue weighted by molar-refractivity contribution is -0.200. The number of imide groups is 1. The fraction of sp³-hybridized carbons (Fsp3) is 0.786. The summed E-state index contributed by atoms with van der Waals surface area (Å²) in [5.41, 5.74) is -2.59. The number of halogens is 1. The molecular weight excluding hydrogens is 677 g/mol. The van der Waals surface area contributed by atoms with Gasteiger partial charge in [0, 0.05) is 6.07 Å². The third-order valence-electron chi connectivity index (χ3n) is 7.07. The Hall–Kier alpha value is -1.59. The van der Waals surface area contributed by atoms with E-state index >= 15 is 0 Å². The first-order chi connectivity index (χ1) is 18.8. The van der Waals surface area contributed by atoms with Crippen LogP contribution in [0.3, 0.4) is 0 Å². The van der Waals surface area contributed by atoms with E-state index in [4.69, 9.17) is 28.1 Å². The number of amides is 2. The molecule has 0 radical (unpaired) electrons. The number of anilines is 1. The average Bonchev–Trinajstić information content (AvgIpc) is 3.22. The minimum atomic E-state index is -2.10. The fourth-order valence-corrected chi connectivity index (χ4v) is 5.95. The summed E-state index contributed by atoms with van der Waals surface area (Å²) in [7, 11) is -2.10. The summed E-state index contributed by atoms with van der Waals surface area (Å²) >= 11 is 1.94. The van der Waals surface area contributed by atoms with Crippen LogP contribution in [0.15, 0.2) is 10.9 Å². The van der Waals surface area contributed by atoms with Crippen LogP contribution in [0.1, 0.15) is 82.4 Å². The molecule has 0 unspecified atom stereocenters. The molecule has 4 atom stereocenters. The van der Waals surface area contributed by atoms with Crippen LogP contribution in [0.5, 0.6) is 0 Å². The van der Waals surface area contributed by atoms with E-state index in [9.17, 15) is 14.4 Å². The molecular formula is C28H46IN3O9Si. The zero-order valence-electron chi connectivity index (χ0n) is 27.0. The van der Waals surface area contributed by atoms with E-state index in [2.05, 4.69) is 38.8 Å². The lowest BCUT2D eigenvalue weighted by Gasteiger charge is -2.37. The third kappa shape index (κ3) is 8.11. The zero-order chi connectivity index (χ0) is 32.2. The van der Waals surface area contributed by atoms with Gasteiger partial charge < -0.3 is 28.1 Å². The summed E-state index contributed by atoms with van der Waals surface area (Å²) in [5.74, 6) is -1.14. The van der Waals surface area contributed by atoms with Crippen molar-refractivity contribution in [1.29, 1.82) is 0 Å². The van der Waals surface area contributed by atoms with Crippen LogP contribution in [0.25, 0.3) is 0 Å². The highest BCUT2D eigenvalue weighted by Crippen LogP contribution is 2.44. The fourth-order valence-electron chi connectivity index (χ4n) is 4.18. The number of nitrogens with zero attached hydrogens (tertiary/aromatic N) is 3. The van der Waals surface area contributed by atoms with Gasteiger partial charge in [-0.05, 0) is 96.1 Å². The lowest BCUT2D eigenvalue weighted by Crippen LogP contribution is -2.45. The predicted molar refractivity (Wildman–Crippen MR) is 167 cm³/mol. The van der Waals surface area contributed by atoms with E-state index in [1.807, 2.05) is 36.4 Å². The van der Waals surface area contributed by atoms with Gasteiger partial charge in [0.2, 0.25) is 0 Å². The SMILES string of the molecule is CC(C)(C)OC(=O)N(C(=O)OC(C)(C)C)c1cc(I)n([C@@H]2O[C@H](CO[Si](C)(C)C(C)(C)C)[C@H]3OC(C)(C)O[C@H]32)c(=O)n1. The second kappa shape index (κ2) is 11.7. The van der Waals surface area contributed by atoms with Gasteiger partial charge in [-0.3, -0.25) is 4.57 Å². The first-order valence-corrected chi connectivity index (χ1v) is 18.0.